The molecule has 24 heavy (non-hydrogen) atoms. The van der Waals surface area contributed by atoms with Gasteiger partial charge in [-0.2, -0.15) is 11.3 Å². The highest BCUT2D eigenvalue weighted by molar-refractivity contribution is 7.99. The fourth-order valence-corrected chi connectivity index (χ4v) is 4.49. The van der Waals surface area contributed by atoms with E-state index < -0.39 is 0 Å². The van der Waals surface area contributed by atoms with Gasteiger partial charge in [-0.25, -0.2) is 4.98 Å². The number of aromatic amines is 1. The molecule has 0 aliphatic heterocycles. The monoisotopic (exact) mass is 364 g/mol. The highest BCUT2D eigenvalue weighted by Gasteiger charge is 2.16. The van der Waals surface area contributed by atoms with Crippen LogP contribution >= 0.6 is 23.1 Å². The van der Waals surface area contributed by atoms with Gasteiger partial charge in [0, 0.05) is 20.0 Å². The first-order valence-electron chi connectivity index (χ1n) is 8.50. The number of thiophene rings is 1. The van der Waals surface area contributed by atoms with Crippen LogP contribution in [0.2, 0.25) is 0 Å². The number of rotatable bonds is 8. The van der Waals surface area contributed by atoms with Gasteiger partial charge < -0.3 is 4.90 Å². The normalized spacial score (nSPS) is 15.0. The fraction of sp³-hybridized carbons (Fsp3) is 0.588. The number of aromatic nitrogens is 3. The Morgan fingerprint density at radius 2 is 2.29 bits per heavy atom. The highest BCUT2D eigenvalue weighted by Crippen LogP contribution is 2.28. The molecule has 1 aliphatic carbocycles. The minimum absolute atomic E-state index is 0.100. The molecule has 1 saturated carbocycles. The number of nitrogens with zero attached hydrogens (tertiary/aromatic N) is 3. The number of nitrogens with one attached hydrogen (secondary N) is 1. The number of H-pyrrole nitrogens is 1. The number of hydrogen-bond acceptors (Lipinski definition) is 5. The summed E-state index contributed by atoms with van der Waals surface area (Å²) in [6, 6.07) is 2.05. The van der Waals surface area contributed by atoms with E-state index in [-0.39, 0.29) is 5.91 Å². The van der Waals surface area contributed by atoms with Crippen LogP contribution in [-0.4, -0.2) is 38.8 Å². The summed E-state index contributed by atoms with van der Waals surface area (Å²) in [7, 11) is 1.84. The molecule has 1 aliphatic rings. The van der Waals surface area contributed by atoms with E-state index in [2.05, 4.69) is 20.6 Å². The van der Waals surface area contributed by atoms with E-state index in [1.807, 2.05) is 18.5 Å². The number of aryl methyl sites for hydroxylation is 1. The third-order valence-corrected chi connectivity index (χ3v) is 6.09. The fourth-order valence-electron chi connectivity index (χ4n) is 3.08. The first-order valence-corrected chi connectivity index (χ1v) is 10.4. The van der Waals surface area contributed by atoms with Crippen LogP contribution in [0.25, 0.3) is 0 Å². The number of amides is 1. The molecule has 0 unspecified atom stereocenters. The first-order chi connectivity index (χ1) is 11.7. The van der Waals surface area contributed by atoms with Gasteiger partial charge in [-0.15, -0.1) is 5.10 Å². The topological polar surface area (TPSA) is 61.9 Å². The van der Waals surface area contributed by atoms with Crippen molar-refractivity contribution < 1.29 is 4.79 Å². The molecule has 0 bridgehead atoms. The summed E-state index contributed by atoms with van der Waals surface area (Å²) in [6.07, 6.45) is 7.64. The van der Waals surface area contributed by atoms with Gasteiger partial charge in [-0.05, 0) is 34.7 Å². The Kier molecular flexibility index (Phi) is 6.31. The van der Waals surface area contributed by atoms with E-state index in [1.165, 1.54) is 49.4 Å². The first kappa shape index (κ1) is 17.5. The Morgan fingerprint density at radius 3 is 3.04 bits per heavy atom. The van der Waals surface area contributed by atoms with Gasteiger partial charge in [0.15, 0.2) is 0 Å². The molecule has 2 aromatic rings. The maximum atomic E-state index is 12.2. The minimum atomic E-state index is 0.100. The van der Waals surface area contributed by atoms with Crippen molar-refractivity contribution in [2.24, 2.45) is 5.92 Å². The van der Waals surface area contributed by atoms with Crippen LogP contribution in [0, 0.1) is 5.92 Å². The summed E-state index contributed by atoms with van der Waals surface area (Å²) in [6.45, 7) is 0.656. The quantitative estimate of drug-likeness (QED) is 0.725. The molecule has 1 amide bonds. The third-order valence-electron chi connectivity index (χ3n) is 4.53. The standard InChI is InChI=1S/C17H24N4OS2/c1-21(10-14-8-9-23-11-14)16(22)12-24-17-18-15(19-20-17)7-6-13-4-2-3-5-13/h8-9,11,13H,2-7,10,12H2,1H3,(H,18,19,20). The molecule has 0 aromatic carbocycles. The summed E-state index contributed by atoms with van der Waals surface area (Å²) in [5.41, 5.74) is 1.17. The second-order valence-corrected chi connectivity index (χ2v) is 8.15. The van der Waals surface area contributed by atoms with E-state index in [4.69, 9.17) is 0 Å². The predicted molar refractivity (Wildman–Crippen MR) is 98.2 cm³/mol. The molecule has 0 atom stereocenters. The molecule has 130 valence electrons. The van der Waals surface area contributed by atoms with Crippen molar-refractivity contribution >= 4 is 29.0 Å². The molecule has 7 heteroatoms. The van der Waals surface area contributed by atoms with Crippen molar-refractivity contribution in [3.8, 4) is 0 Å². The van der Waals surface area contributed by atoms with Gasteiger partial charge in [0.2, 0.25) is 11.1 Å². The second kappa shape index (κ2) is 8.67. The lowest BCUT2D eigenvalue weighted by Crippen LogP contribution is -2.27. The molecule has 0 saturated heterocycles. The average Bonchev–Trinajstić information content (AvgIpc) is 3.32. The molecule has 1 N–H and O–H groups in total. The second-order valence-electron chi connectivity index (χ2n) is 6.42. The molecular weight excluding hydrogens is 340 g/mol. The zero-order valence-corrected chi connectivity index (χ0v) is 15.7. The molecule has 2 heterocycles. The maximum absolute atomic E-state index is 12.2. The van der Waals surface area contributed by atoms with E-state index in [1.54, 1.807) is 16.2 Å². The van der Waals surface area contributed by atoms with Crippen molar-refractivity contribution in [2.45, 2.75) is 50.2 Å². The molecule has 0 spiro atoms. The number of thioether (sulfide) groups is 1. The lowest BCUT2D eigenvalue weighted by atomic mass is 10.0. The van der Waals surface area contributed by atoms with Gasteiger partial charge in [0.1, 0.15) is 5.82 Å². The zero-order valence-electron chi connectivity index (χ0n) is 14.0. The molecular formula is C17H24N4OS2. The molecule has 0 radical (unpaired) electrons. The smallest absolute Gasteiger partial charge is 0.233 e. The molecule has 5 nitrogen and oxygen atoms in total. The van der Waals surface area contributed by atoms with E-state index in [0.717, 1.165) is 18.2 Å². The van der Waals surface area contributed by atoms with Gasteiger partial charge in [0.05, 0.1) is 5.75 Å². The van der Waals surface area contributed by atoms with E-state index >= 15 is 0 Å². The van der Waals surface area contributed by atoms with Crippen LogP contribution in [0.4, 0.5) is 0 Å². The van der Waals surface area contributed by atoms with Crippen LogP contribution in [0.15, 0.2) is 22.0 Å². The van der Waals surface area contributed by atoms with Crippen LogP contribution < -0.4 is 0 Å². The Bertz CT molecular complexity index is 635. The van der Waals surface area contributed by atoms with Gasteiger partial charge in [0.25, 0.3) is 0 Å². The van der Waals surface area contributed by atoms with Crippen molar-refractivity contribution in [1.29, 1.82) is 0 Å². The van der Waals surface area contributed by atoms with Crippen molar-refractivity contribution in [3.05, 3.63) is 28.2 Å². The van der Waals surface area contributed by atoms with Gasteiger partial charge in [-0.1, -0.05) is 37.4 Å². The Hall–Kier alpha value is -1.34. The van der Waals surface area contributed by atoms with Crippen LogP contribution in [0.3, 0.4) is 0 Å². The van der Waals surface area contributed by atoms with Crippen LogP contribution in [0.1, 0.15) is 43.5 Å². The lowest BCUT2D eigenvalue weighted by molar-refractivity contribution is -0.127. The van der Waals surface area contributed by atoms with Gasteiger partial charge >= 0.3 is 0 Å². The maximum Gasteiger partial charge on any atom is 0.233 e. The third kappa shape index (κ3) is 5.08. The molecule has 1 fully saturated rings. The largest absolute Gasteiger partial charge is 0.341 e. The highest BCUT2D eigenvalue weighted by atomic mass is 32.2. The summed E-state index contributed by atoms with van der Waals surface area (Å²) in [5, 5.41) is 12.0. The van der Waals surface area contributed by atoms with E-state index in [9.17, 15) is 4.79 Å². The SMILES string of the molecule is CN(Cc1ccsc1)C(=O)CSc1n[nH]c(CCC2CCCC2)n1. The minimum Gasteiger partial charge on any atom is -0.341 e. The van der Waals surface area contributed by atoms with Crippen molar-refractivity contribution in [1.82, 2.24) is 20.1 Å². The van der Waals surface area contributed by atoms with Crippen LogP contribution in [-0.2, 0) is 17.8 Å². The summed E-state index contributed by atoms with van der Waals surface area (Å²) in [4.78, 5) is 18.4. The van der Waals surface area contributed by atoms with E-state index in [0.29, 0.717) is 17.5 Å². The van der Waals surface area contributed by atoms with Crippen molar-refractivity contribution in [3.63, 3.8) is 0 Å². The summed E-state index contributed by atoms with van der Waals surface area (Å²) < 4.78 is 0. The number of hydrogen-bond donors (Lipinski definition) is 1. The Balaban J connectivity index is 1.40. The predicted octanol–water partition coefficient (Wildman–Crippen LogP) is 3.74. The number of carbonyl (C=O) groups is 1. The van der Waals surface area contributed by atoms with Crippen molar-refractivity contribution in [2.75, 3.05) is 12.8 Å². The summed E-state index contributed by atoms with van der Waals surface area (Å²) >= 11 is 3.06. The Morgan fingerprint density at radius 1 is 1.46 bits per heavy atom. The zero-order chi connectivity index (χ0) is 16.8. The van der Waals surface area contributed by atoms with Gasteiger partial charge in [-0.3, -0.25) is 9.89 Å². The molecule has 3 rings (SSSR count). The lowest BCUT2D eigenvalue weighted by Gasteiger charge is -2.15. The molecule has 2 aromatic heterocycles. The summed E-state index contributed by atoms with van der Waals surface area (Å²) in [5.74, 6) is 2.28. The number of carbonyl (C=O) groups excluding carboxylic acids is 1. The van der Waals surface area contributed by atoms with Crippen LogP contribution in [0.5, 0.6) is 0 Å². The average molecular weight is 365 g/mol. The Labute approximate surface area is 151 Å².